The fraction of sp³-hybridized carbons (Fsp3) is 0.562. The van der Waals surface area contributed by atoms with Crippen molar-refractivity contribution in [3.8, 4) is 0 Å². The number of rotatable bonds is 4. The van der Waals surface area contributed by atoms with E-state index in [-0.39, 0.29) is 18.2 Å². The Hall–Kier alpha value is -1.39. The largest absolute Gasteiger partial charge is 0.465 e. The molecular formula is C16H22O4. The van der Waals surface area contributed by atoms with Crippen LogP contribution in [0.4, 0.5) is 0 Å². The summed E-state index contributed by atoms with van der Waals surface area (Å²) >= 11 is 0. The number of carbonyl (C=O) groups excluding carboxylic acids is 1. The Morgan fingerprint density at radius 1 is 1.40 bits per heavy atom. The summed E-state index contributed by atoms with van der Waals surface area (Å²) in [6.07, 6.45) is 3.31. The van der Waals surface area contributed by atoms with E-state index in [0.29, 0.717) is 18.6 Å². The highest BCUT2D eigenvalue weighted by atomic mass is 16.5. The smallest absolute Gasteiger partial charge is 0.338 e. The molecule has 0 radical (unpaired) electrons. The lowest BCUT2D eigenvalue weighted by atomic mass is 9.95. The van der Waals surface area contributed by atoms with Crippen LogP contribution in [0.5, 0.6) is 0 Å². The van der Waals surface area contributed by atoms with Crippen molar-refractivity contribution >= 4 is 5.97 Å². The number of ether oxygens (including phenoxy) is 2. The molecule has 1 aliphatic rings. The summed E-state index contributed by atoms with van der Waals surface area (Å²) in [5, 5.41) is 9.65. The Morgan fingerprint density at radius 2 is 2.20 bits per heavy atom. The molecular weight excluding hydrogens is 256 g/mol. The van der Waals surface area contributed by atoms with E-state index in [9.17, 15) is 9.90 Å². The lowest BCUT2D eigenvalue weighted by Gasteiger charge is -2.26. The van der Waals surface area contributed by atoms with Crippen LogP contribution in [-0.4, -0.2) is 30.4 Å². The van der Waals surface area contributed by atoms with E-state index in [0.717, 1.165) is 30.4 Å². The number of hydrogen-bond donors (Lipinski definition) is 1. The number of methoxy groups -OCH3 is 1. The number of aryl methyl sites for hydroxylation is 1. The first-order valence-electron chi connectivity index (χ1n) is 7.08. The minimum absolute atomic E-state index is 0.0739. The van der Waals surface area contributed by atoms with Crippen LogP contribution in [-0.2, 0) is 16.1 Å². The first-order valence-corrected chi connectivity index (χ1v) is 7.08. The third-order valence-corrected chi connectivity index (χ3v) is 3.82. The molecule has 1 fully saturated rings. The minimum atomic E-state index is -0.328. The van der Waals surface area contributed by atoms with Gasteiger partial charge in [0.05, 0.1) is 31.5 Å². The van der Waals surface area contributed by atoms with Crippen LogP contribution in [0.2, 0.25) is 0 Å². The van der Waals surface area contributed by atoms with E-state index >= 15 is 0 Å². The SMILES string of the molecule is COC(=O)c1c(C)cccc1CO[C@H]1CCC[C@H](O)C1. The standard InChI is InChI=1S/C16H22O4/c1-11-5-3-6-12(15(11)16(18)19-2)10-20-14-8-4-7-13(17)9-14/h3,5-6,13-14,17H,4,7-10H2,1-2H3/t13-,14-/m0/s1. The van der Waals surface area contributed by atoms with E-state index in [2.05, 4.69) is 0 Å². The van der Waals surface area contributed by atoms with Gasteiger partial charge in [-0.25, -0.2) is 4.79 Å². The van der Waals surface area contributed by atoms with Gasteiger partial charge in [0.15, 0.2) is 0 Å². The van der Waals surface area contributed by atoms with E-state index in [4.69, 9.17) is 9.47 Å². The summed E-state index contributed by atoms with van der Waals surface area (Å²) in [7, 11) is 1.39. The van der Waals surface area contributed by atoms with Gasteiger partial charge in [-0.15, -0.1) is 0 Å². The van der Waals surface area contributed by atoms with Gasteiger partial charge in [-0.2, -0.15) is 0 Å². The van der Waals surface area contributed by atoms with E-state index in [1.165, 1.54) is 7.11 Å². The maximum atomic E-state index is 11.8. The van der Waals surface area contributed by atoms with Crippen molar-refractivity contribution in [2.75, 3.05) is 7.11 Å². The van der Waals surface area contributed by atoms with E-state index in [1.54, 1.807) is 0 Å². The van der Waals surface area contributed by atoms with Crippen molar-refractivity contribution in [2.45, 2.75) is 51.4 Å². The molecule has 0 amide bonds. The highest BCUT2D eigenvalue weighted by Crippen LogP contribution is 2.23. The second-order valence-corrected chi connectivity index (χ2v) is 5.35. The minimum Gasteiger partial charge on any atom is -0.465 e. The van der Waals surface area contributed by atoms with Gasteiger partial charge < -0.3 is 14.6 Å². The molecule has 0 aliphatic heterocycles. The molecule has 20 heavy (non-hydrogen) atoms. The summed E-state index contributed by atoms with van der Waals surface area (Å²) in [6, 6.07) is 5.69. The van der Waals surface area contributed by atoms with Gasteiger partial charge in [-0.05, 0) is 43.7 Å². The van der Waals surface area contributed by atoms with E-state index < -0.39 is 0 Å². The van der Waals surface area contributed by atoms with Crippen LogP contribution in [0.15, 0.2) is 18.2 Å². The molecule has 0 unspecified atom stereocenters. The van der Waals surface area contributed by atoms with Crippen LogP contribution < -0.4 is 0 Å². The lowest BCUT2D eigenvalue weighted by Crippen LogP contribution is -2.26. The lowest BCUT2D eigenvalue weighted by molar-refractivity contribution is -0.0232. The molecule has 0 spiro atoms. The Bertz CT molecular complexity index is 470. The molecule has 0 saturated heterocycles. The number of esters is 1. The van der Waals surface area contributed by atoms with Crippen LogP contribution in [0.1, 0.15) is 47.2 Å². The second kappa shape index (κ2) is 6.86. The van der Waals surface area contributed by atoms with Crippen LogP contribution in [0, 0.1) is 6.92 Å². The molecule has 0 aromatic heterocycles. The molecule has 1 N–H and O–H groups in total. The summed E-state index contributed by atoms with van der Waals surface area (Å²) in [5.41, 5.74) is 2.32. The Balaban J connectivity index is 2.05. The summed E-state index contributed by atoms with van der Waals surface area (Å²) in [4.78, 5) is 11.8. The molecule has 1 aromatic rings. The average Bonchev–Trinajstić information content (AvgIpc) is 2.44. The monoisotopic (exact) mass is 278 g/mol. The van der Waals surface area contributed by atoms with Crippen molar-refractivity contribution in [1.29, 1.82) is 0 Å². The number of aliphatic hydroxyl groups excluding tert-OH is 1. The molecule has 2 rings (SSSR count). The van der Waals surface area contributed by atoms with Crippen LogP contribution in [0.3, 0.4) is 0 Å². The van der Waals surface area contributed by atoms with Gasteiger partial charge in [0, 0.05) is 0 Å². The molecule has 110 valence electrons. The number of benzene rings is 1. The Kier molecular flexibility index (Phi) is 5.15. The van der Waals surface area contributed by atoms with Gasteiger partial charge >= 0.3 is 5.97 Å². The molecule has 0 heterocycles. The van der Waals surface area contributed by atoms with Gasteiger partial charge in [0.25, 0.3) is 0 Å². The van der Waals surface area contributed by atoms with Gasteiger partial charge in [0.2, 0.25) is 0 Å². The normalized spacial score (nSPS) is 22.6. The average molecular weight is 278 g/mol. The summed E-state index contributed by atoms with van der Waals surface area (Å²) < 4.78 is 10.7. The highest BCUT2D eigenvalue weighted by Gasteiger charge is 2.22. The van der Waals surface area contributed by atoms with Gasteiger partial charge in [-0.3, -0.25) is 0 Å². The molecule has 4 nitrogen and oxygen atoms in total. The number of carbonyl (C=O) groups is 1. The maximum absolute atomic E-state index is 11.8. The maximum Gasteiger partial charge on any atom is 0.338 e. The van der Waals surface area contributed by atoms with Gasteiger partial charge in [0.1, 0.15) is 0 Å². The zero-order valence-electron chi connectivity index (χ0n) is 12.1. The van der Waals surface area contributed by atoms with Crippen molar-refractivity contribution in [2.24, 2.45) is 0 Å². The van der Waals surface area contributed by atoms with Crippen LogP contribution >= 0.6 is 0 Å². The molecule has 1 aliphatic carbocycles. The predicted octanol–water partition coefficient (Wildman–Crippen LogP) is 2.60. The zero-order valence-corrected chi connectivity index (χ0v) is 12.1. The van der Waals surface area contributed by atoms with E-state index in [1.807, 2.05) is 25.1 Å². The topological polar surface area (TPSA) is 55.8 Å². The molecule has 2 atom stereocenters. The second-order valence-electron chi connectivity index (χ2n) is 5.35. The first-order chi connectivity index (χ1) is 9.61. The predicted molar refractivity (Wildman–Crippen MR) is 75.6 cm³/mol. The van der Waals surface area contributed by atoms with Crippen molar-refractivity contribution < 1.29 is 19.4 Å². The Labute approximate surface area is 119 Å². The fourth-order valence-electron chi connectivity index (χ4n) is 2.72. The highest BCUT2D eigenvalue weighted by molar-refractivity contribution is 5.92. The van der Waals surface area contributed by atoms with Crippen molar-refractivity contribution in [3.05, 3.63) is 34.9 Å². The van der Waals surface area contributed by atoms with Gasteiger partial charge in [-0.1, -0.05) is 18.2 Å². The summed E-state index contributed by atoms with van der Waals surface area (Å²) in [5.74, 6) is -0.328. The quantitative estimate of drug-likeness (QED) is 0.860. The molecule has 4 heteroatoms. The third kappa shape index (κ3) is 3.58. The van der Waals surface area contributed by atoms with Crippen molar-refractivity contribution in [3.63, 3.8) is 0 Å². The van der Waals surface area contributed by atoms with Crippen LogP contribution in [0.25, 0.3) is 0 Å². The first kappa shape index (κ1) is 15.0. The number of aliphatic hydroxyl groups is 1. The molecule has 0 bridgehead atoms. The third-order valence-electron chi connectivity index (χ3n) is 3.82. The summed E-state index contributed by atoms with van der Waals surface area (Å²) in [6.45, 7) is 2.27. The molecule has 1 saturated carbocycles. The van der Waals surface area contributed by atoms with Crippen molar-refractivity contribution in [1.82, 2.24) is 0 Å². The zero-order chi connectivity index (χ0) is 14.5. The number of hydrogen-bond acceptors (Lipinski definition) is 4. The molecule has 1 aromatic carbocycles. The fourth-order valence-corrected chi connectivity index (χ4v) is 2.72. The Morgan fingerprint density at radius 3 is 2.90 bits per heavy atom.